The van der Waals surface area contributed by atoms with Crippen molar-refractivity contribution in [1.29, 1.82) is 0 Å². The van der Waals surface area contributed by atoms with E-state index in [0.29, 0.717) is 13.0 Å². The Labute approximate surface area is 124 Å². The predicted octanol–water partition coefficient (Wildman–Crippen LogP) is 3.26. The van der Waals surface area contributed by atoms with E-state index < -0.39 is 0 Å². The van der Waals surface area contributed by atoms with E-state index in [-0.39, 0.29) is 29.8 Å². The highest BCUT2D eigenvalue weighted by molar-refractivity contribution is 5.85. The first-order chi connectivity index (χ1) is 8.43. The van der Waals surface area contributed by atoms with Crippen LogP contribution in [0.1, 0.15) is 65.7 Å². The molecule has 1 amide bonds. The Bertz CT molecular complexity index is 257. The standard InChI is InChI=1S/C15H30N2O.ClH/c1-15(2,3)13(17-14(18)9-10-16)11-12-7-5-4-6-8-12;/h12-13H,4-11,16H2,1-3H3,(H,17,18);1H. The molecule has 1 saturated carbocycles. The van der Waals surface area contributed by atoms with Gasteiger partial charge in [0.25, 0.3) is 0 Å². The summed E-state index contributed by atoms with van der Waals surface area (Å²) in [4.78, 5) is 11.8. The number of hydrogen-bond donors (Lipinski definition) is 2. The smallest absolute Gasteiger partial charge is 0.221 e. The van der Waals surface area contributed by atoms with Crippen LogP contribution in [0.2, 0.25) is 0 Å². The quantitative estimate of drug-likeness (QED) is 0.816. The zero-order chi connectivity index (χ0) is 13.6. The average molecular weight is 291 g/mol. The minimum atomic E-state index is 0. The third kappa shape index (κ3) is 7.17. The average Bonchev–Trinajstić information content (AvgIpc) is 2.28. The van der Waals surface area contributed by atoms with Crippen molar-refractivity contribution in [2.75, 3.05) is 6.54 Å². The maximum Gasteiger partial charge on any atom is 0.221 e. The Hall–Kier alpha value is -0.280. The SMILES string of the molecule is CC(C)(C)C(CC1CCCCC1)NC(=O)CCN.Cl. The summed E-state index contributed by atoms with van der Waals surface area (Å²) in [7, 11) is 0. The molecule has 19 heavy (non-hydrogen) atoms. The van der Waals surface area contributed by atoms with Crippen LogP contribution in [0.4, 0.5) is 0 Å². The third-order valence-electron chi connectivity index (χ3n) is 4.05. The molecule has 0 aliphatic heterocycles. The number of amides is 1. The molecular formula is C15H31ClN2O. The van der Waals surface area contributed by atoms with Gasteiger partial charge in [-0.3, -0.25) is 4.79 Å². The van der Waals surface area contributed by atoms with Crippen LogP contribution in [0.15, 0.2) is 0 Å². The van der Waals surface area contributed by atoms with Gasteiger partial charge in [-0.1, -0.05) is 52.9 Å². The lowest BCUT2D eigenvalue weighted by Crippen LogP contribution is -2.45. The third-order valence-corrected chi connectivity index (χ3v) is 4.05. The zero-order valence-electron chi connectivity index (χ0n) is 12.7. The van der Waals surface area contributed by atoms with Crippen LogP contribution >= 0.6 is 12.4 Å². The Morgan fingerprint density at radius 3 is 2.32 bits per heavy atom. The molecule has 4 heteroatoms. The van der Waals surface area contributed by atoms with Gasteiger partial charge in [0.2, 0.25) is 5.91 Å². The lowest BCUT2D eigenvalue weighted by Gasteiger charge is -2.35. The second-order valence-corrected chi connectivity index (χ2v) is 6.76. The number of nitrogens with one attached hydrogen (secondary N) is 1. The minimum Gasteiger partial charge on any atom is -0.353 e. The summed E-state index contributed by atoms with van der Waals surface area (Å²) in [6.07, 6.45) is 8.34. The molecule has 0 radical (unpaired) electrons. The van der Waals surface area contributed by atoms with Gasteiger partial charge in [-0.25, -0.2) is 0 Å². The van der Waals surface area contributed by atoms with E-state index in [9.17, 15) is 4.79 Å². The van der Waals surface area contributed by atoms with Crippen molar-refractivity contribution in [2.45, 2.75) is 71.8 Å². The molecule has 1 fully saturated rings. The first-order valence-electron chi connectivity index (χ1n) is 7.43. The van der Waals surface area contributed by atoms with Crippen LogP contribution < -0.4 is 11.1 Å². The summed E-state index contributed by atoms with van der Waals surface area (Å²) in [5.74, 6) is 0.898. The molecule has 0 spiro atoms. The van der Waals surface area contributed by atoms with E-state index in [1.165, 1.54) is 32.1 Å². The molecule has 0 heterocycles. The summed E-state index contributed by atoms with van der Waals surface area (Å²) in [6.45, 7) is 7.07. The maximum atomic E-state index is 11.8. The molecular weight excluding hydrogens is 260 g/mol. The second-order valence-electron chi connectivity index (χ2n) is 6.76. The van der Waals surface area contributed by atoms with Crippen LogP contribution in [0.25, 0.3) is 0 Å². The second kappa shape index (κ2) is 8.80. The lowest BCUT2D eigenvalue weighted by molar-refractivity contribution is -0.122. The molecule has 0 bridgehead atoms. The van der Waals surface area contributed by atoms with Crippen LogP contribution in [0.5, 0.6) is 0 Å². The van der Waals surface area contributed by atoms with Crippen molar-refractivity contribution in [3.63, 3.8) is 0 Å². The maximum absolute atomic E-state index is 11.8. The molecule has 0 saturated heterocycles. The van der Waals surface area contributed by atoms with Crippen molar-refractivity contribution in [3.05, 3.63) is 0 Å². The molecule has 3 nitrogen and oxygen atoms in total. The van der Waals surface area contributed by atoms with Crippen LogP contribution in [-0.4, -0.2) is 18.5 Å². The normalized spacial score (nSPS) is 18.5. The monoisotopic (exact) mass is 290 g/mol. The van der Waals surface area contributed by atoms with Crippen molar-refractivity contribution in [3.8, 4) is 0 Å². The number of hydrogen-bond acceptors (Lipinski definition) is 2. The summed E-state index contributed by atoms with van der Waals surface area (Å²) >= 11 is 0. The fourth-order valence-electron chi connectivity index (χ4n) is 2.78. The number of nitrogens with two attached hydrogens (primary N) is 1. The predicted molar refractivity (Wildman–Crippen MR) is 83.5 cm³/mol. The molecule has 3 N–H and O–H groups in total. The van der Waals surface area contributed by atoms with Gasteiger partial charge in [0.15, 0.2) is 0 Å². The van der Waals surface area contributed by atoms with E-state index >= 15 is 0 Å². The lowest BCUT2D eigenvalue weighted by atomic mass is 9.77. The Morgan fingerprint density at radius 1 is 1.26 bits per heavy atom. The van der Waals surface area contributed by atoms with E-state index in [1.807, 2.05) is 0 Å². The molecule has 114 valence electrons. The number of carbonyl (C=O) groups excluding carboxylic acids is 1. The largest absolute Gasteiger partial charge is 0.353 e. The zero-order valence-corrected chi connectivity index (χ0v) is 13.5. The number of rotatable bonds is 5. The molecule has 0 aromatic carbocycles. The van der Waals surface area contributed by atoms with Gasteiger partial charge in [-0.2, -0.15) is 0 Å². The van der Waals surface area contributed by atoms with Gasteiger partial charge in [-0.15, -0.1) is 12.4 Å². The van der Waals surface area contributed by atoms with Gasteiger partial charge in [-0.05, 0) is 17.8 Å². The van der Waals surface area contributed by atoms with Gasteiger partial charge >= 0.3 is 0 Å². The molecule has 0 aromatic heterocycles. The first kappa shape index (κ1) is 18.7. The van der Waals surface area contributed by atoms with Crippen molar-refractivity contribution < 1.29 is 4.79 Å². The summed E-state index contributed by atoms with van der Waals surface area (Å²) < 4.78 is 0. The van der Waals surface area contributed by atoms with E-state index in [2.05, 4.69) is 26.1 Å². The van der Waals surface area contributed by atoms with Gasteiger partial charge in [0.1, 0.15) is 0 Å². The van der Waals surface area contributed by atoms with Gasteiger partial charge < -0.3 is 11.1 Å². The van der Waals surface area contributed by atoms with Crippen LogP contribution in [0, 0.1) is 11.3 Å². The topological polar surface area (TPSA) is 55.1 Å². The highest BCUT2D eigenvalue weighted by Gasteiger charge is 2.29. The van der Waals surface area contributed by atoms with Crippen molar-refractivity contribution >= 4 is 18.3 Å². The molecule has 0 aromatic rings. The molecule has 1 unspecified atom stereocenters. The van der Waals surface area contributed by atoms with Crippen LogP contribution in [0.3, 0.4) is 0 Å². The summed E-state index contributed by atoms with van der Waals surface area (Å²) in [5, 5.41) is 3.19. The molecule has 1 rings (SSSR count). The van der Waals surface area contributed by atoms with E-state index in [4.69, 9.17) is 5.73 Å². The van der Waals surface area contributed by atoms with Gasteiger partial charge in [0, 0.05) is 19.0 Å². The Morgan fingerprint density at radius 2 is 1.84 bits per heavy atom. The molecule has 1 aliphatic rings. The summed E-state index contributed by atoms with van der Waals surface area (Å²) in [6, 6.07) is 0.277. The first-order valence-corrected chi connectivity index (χ1v) is 7.43. The Balaban J connectivity index is 0.00000324. The molecule has 1 aliphatic carbocycles. The van der Waals surface area contributed by atoms with E-state index in [1.54, 1.807) is 0 Å². The summed E-state index contributed by atoms with van der Waals surface area (Å²) in [5.41, 5.74) is 5.56. The van der Waals surface area contributed by atoms with E-state index in [0.717, 1.165) is 12.3 Å². The fourth-order valence-corrected chi connectivity index (χ4v) is 2.78. The van der Waals surface area contributed by atoms with Crippen LogP contribution in [-0.2, 0) is 4.79 Å². The number of halogens is 1. The van der Waals surface area contributed by atoms with Crippen molar-refractivity contribution in [1.82, 2.24) is 5.32 Å². The van der Waals surface area contributed by atoms with Crippen molar-refractivity contribution in [2.24, 2.45) is 17.1 Å². The molecule has 1 atom stereocenters. The number of carbonyl (C=O) groups is 1. The fraction of sp³-hybridized carbons (Fsp3) is 0.933. The van der Waals surface area contributed by atoms with Gasteiger partial charge in [0.05, 0.1) is 0 Å². The highest BCUT2D eigenvalue weighted by Crippen LogP contribution is 2.32. The highest BCUT2D eigenvalue weighted by atomic mass is 35.5. The minimum absolute atomic E-state index is 0. The Kier molecular flexibility index (Phi) is 8.67.